The maximum atomic E-state index is 13.0. The number of rotatable bonds is 4. The van der Waals surface area contributed by atoms with Gasteiger partial charge in [0.15, 0.2) is 0 Å². The van der Waals surface area contributed by atoms with E-state index in [9.17, 15) is 8.60 Å². The topological polar surface area (TPSA) is 29.1 Å². The molecule has 0 aliphatic heterocycles. The first-order valence-corrected chi connectivity index (χ1v) is 8.63. The van der Waals surface area contributed by atoms with Gasteiger partial charge in [0.25, 0.3) is 0 Å². The van der Waals surface area contributed by atoms with Crippen LogP contribution in [0.4, 0.5) is 4.39 Å². The minimum absolute atomic E-state index is 0.108. The highest BCUT2D eigenvalue weighted by atomic mass is 32.2. The van der Waals surface area contributed by atoms with Gasteiger partial charge >= 0.3 is 0 Å². The molecule has 0 spiro atoms. The first-order valence-electron chi connectivity index (χ1n) is 7.42. The Morgan fingerprint density at radius 2 is 1.90 bits per heavy atom. The van der Waals surface area contributed by atoms with Gasteiger partial charge in [0, 0.05) is 10.9 Å². The molecule has 1 fully saturated rings. The molecule has 20 heavy (non-hydrogen) atoms. The summed E-state index contributed by atoms with van der Waals surface area (Å²) in [6, 6.07) is 6.37. The van der Waals surface area contributed by atoms with Crippen molar-refractivity contribution in [3.8, 4) is 0 Å². The van der Waals surface area contributed by atoms with Crippen molar-refractivity contribution in [3.05, 3.63) is 30.1 Å². The van der Waals surface area contributed by atoms with Crippen LogP contribution < -0.4 is 5.32 Å². The second-order valence-corrected chi connectivity index (χ2v) is 7.54. The molecule has 1 aliphatic carbocycles. The maximum absolute atomic E-state index is 13.0. The van der Waals surface area contributed by atoms with E-state index in [2.05, 4.69) is 26.1 Å². The Bertz CT molecular complexity index is 462. The van der Waals surface area contributed by atoms with Gasteiger partial charge < -0.3 is 5.32 Å². The highest BCUT2D eigenvalue weighted by molar-refractivity contribution is 7.85. The largest absolute Gasteiger partial charge is 0.313 e. The van der Waals surface area contributed by atoms with Crippen molar-refractivity contribution >= 4 is 10.8 Å². The Hall–Kier alpha value is -0.740. The van der Waals surface area contributed by atoms with Crippen molar-refractivity contribution in [2.75, 3.05) is 6.54 Å². The molecule has 2 nitrogen and oxygen atoms in total. The molecule has 4 heteroatoms. The predicted molar refractivity (Wildman–Crippen MR) is 81.6 cm³/mol. The smallest absolute Gasteiger partial charge is 0.123 e. The summed E-state index contributed by atoms with van der Waals surface area (Å²) in [5, 5.41) is 3.60. The van der Waals surface area contributed by atoms with E-state index in [1.807, 2.05) is 0 Å². The normalized spacial score (nSPS) is 32.0. The third kappa shape index (κ3) is 3.47. The highest BCUT2D eigenvalue weighted by Gasteiger charge is 2.37. The molecule has 2 rings (SSSR count). The van der Waals surface area contributed by atoms with Crippen LogP contribution in [0.5, 0.6) is 0 Å². The van der Waals surface area contributed by atoms with Crippen molar-refractivity contribution < 1.29 is 8.60 Å². The molecule has 5 unspecified atom stereocenters. The van der Waals surface area contributed by atoms with Crippen molar-refractivity contribution in [1.82, 2.24) is 5.32 Å². The molecule has 0 amide bonds. The Morgan fingerprint density at radius 3 is 2.50 bits per heavy atom. The lowest BCUT2D eigenvalue weighted by Gasteiger charge is -2.39. The average Bonchev–Trinajstić information content (AvgIpc) is 2.38. The Labute approximate surface area is 123 Å². The molecule has 0 bridgehead atoms. The summed E-state index contributed by atoms with van der Waals surface area (Å²) in [5.41, 5.74) is 0. The minimum atomic E-state index is -1.08. The van der Waals surface area contributed by atoms with Crippen molar-refractivity contribution in [2.24, 2.45) is 11.8 Å². The van der Waals surface area contributed by atoms with Crippen molar-refractivity contribution in [1.29, 1.82) is 0 Å². The van der Waals surface area contributed by atoms with E-state index in [4.69, 9.17) is 0 Å². The third-order valence-corrected chi connectivity index (χ3v) is 6.17. The van der Waals surface area contributed by atoms with Crippen LogP contribution in [-0.2, 0) is 10.8 Å². The summed E-state index contributed by atoms with van der Waals surface area (Å²) in [5.74, 6) is 0.795. The van der Waals surface area contributed by atoms with Crippen LogP contribution in [0.3, 0.4) is 0 Å². The van der Waals surface area contributed by atoms with Crippen LogP contribution in [0.15, 0.2) is 29.2 Å². The monoisotopic (exact) mass is 297 g/mol. The molecule has 112 valence electrons. The molecule has 5 atom stereocenters. The second-order valence-electron chi connectivity index (χ2n) is 5.93. The molecule has 0 radical (unpaired) electrons. The van der Waals surface area contributed by atoms with Gasteiger partial charge in [-0.25, -0.2) is 4.39 Å². The molecular formula is C16H24FNOS. The fraction of sp³-hybridized carbons (Fsp3) is 0.625. The van der Waals surface area contributed by atoms with E-state index in [0.29, 0.717) is 11.8 Å². The number of nitrogens with one attached hydrogen (secondary N) is 1. The summed E-state index contributed by atoms with van der Waals surface area (Å²) in [4.78, 5) is 0.737. The van der Waals surface area contributed by atoms with Gasteiger partial charge in [0.05, 0.1) is 16.0 Å². The molecule has 1 saturated carbocycles. The van der Waals surface area contributed by atoms with E-state index >= 15 is 0 Å². The summed E-state index contributed by atoms with van der Waals surface area (Å²) in [6.07, 6.45) is 2.18. The van der Waals surface area contributed by atoms with Gasteiger partial charge in [-0.2, -0.15) is 0 Å². The average molecular weight is 297 g/mol. The van der Waals surface area contributed by atoms with Gasteiger partial charge in [-0.15, -0.1) is 0 Å². The zero-order valence-corrected chi connectivity index (χ0v) is 13.3. The molecule has 1 N–H and O–H groups in total. The summed E-state index contributed by atoms with van der Waals surface area (Å²) < 4.78 is 25.9. The predicted octanol–water partition coefficient (Wildman–Crippen LogP) is 3.35. The molecule has 0 heterocycles. The molecule has 1 aromatic rings. The van der Waals surface area contributed by atoms with Crippen molar-refractivity contribution in [2.45, 2.75) is 49.8 Å². The summed E-state index contributed by atoms with van der Waals surface area (Å²) in [7, 11) is -1.08. The second kappa shape index (κ2) is 6.81. The number of benzene rings is 1. The van der Waals surface area contributed by atoms with Gasteiger partial charge in [-0.1, -0.05) is 20.8 Å². The minimum Gasteiger partial charge on any atom is -0.313 e. The quantitative estimate of drug-likeness (QED) is 0.923. The van der Waals surface area contributed by atoms with Gasteiger partial charge in [-0.05, 0) is 55.5 Å². The molecule has 0 saturated heterocycles. The first-order chi connectivity index (χ1) is 9.52. The van der Waals surface area contributed by atoms with Gasteiger partial charge in [-0.3, -0.25) is 4.21 Å². The lowest BCUT2D eigenvalue weighted by molar-refractivity contribution is 0.248. The van der Waals surface area contributed by atoms with Crippen LogP contribution in [0, 0.1) is 17.7 Å². The van der Waals surface area contributed by atoms with E-state index in [1.54, 1.807) is 12.1 Å². The fourth-order valence-electron chi connectivity index (χ4n) is 3.38. The van der Waals surface area contributed by atoms with Crippen LogP contribution in [0.2, 0.25) is 0 Å². The van der Waals surface area contributed by atoms with Gasteiger partial charge in [0.2, 0.25) is 0 Å². The zero-order valence-electron chi connectivity index (χ0n) is 12.4. The van der Waals surface area contributed by atoms with Crippen molar-refractivity contribution in [3.63, 3.8) is 0 Å². The van der Waals surface area contributed by atoms with E-state index in [-0.39, 0.29) is 17.1 Å². The Morgan fingerprint density at radius 1 is 1.25 bits per heavy atom. The van der Waals surface area contributed by atoms with Crippen LogP contribution in [0.25, 0.3) is 0 Å². The fourth-order valence-corrected chi connectivity index (χ4v) is 5.13. The van der Waals surface area contributed by atoms with E-state index < -0.39 is 10.8 Å². The number of hydrogen-bond donors (Lipinski definition) is 1. The highest BCUT2D eigenvalue weighted by Crippen LogP contribution is 2.34. The maximum Gasteiger partial charge on any atom is 0.123 e. The Balaban J connectivity index is 2.22. The zero-order chi connectivity index (χ0) is 14.7. The summed E-state index contributed by atoms with van der Waals surface area (Å²) in [6.45, 7) is 7.42. The van der Waals surface area contributed by atoms with E-state index in [0.717, 1.165) is 24.3 Å². The molecular weight excluding hydrogens is 273 g/mol. The number of halogens is 1. The number of hydrogen-bond acceptors (Lipinski definition) is 2. The molecule has 1 aliphatic rings. The third-order valence-electron chi connectivity index (χ3n) is 4.15. The first kappa shape index (κ1) is 15.6. The van der Waals surface area contributed by atoms with Crippen LogP contribution in [0.1, 0.15) is 33.6 Å². The van der Waals surface area contributed by atoms with Crippen LogP contribution >= 0.6 is 0 Å². The van der Waals surface area contributed by atoms with Gasteiger partial charge in [0.1, 0.15) is 5.82 Å². The molecule has 0 aromatic heterocycles. The lowest BCUT2D eigenvalue weighted by atomic mass is 9.80. The van der Waals surface area contributed by atoms with E-state index in [1.165, 1.54) is 12.1 Å². The lowest BCUT2D eigenvalue weighted by Crippen LogP contribution is -2.50. The Kier molecular flexibility index (Phi) is 5.33. The SMILES string of the molecule is CCNC1CC(C)CC(C)C1S(=O)c1ccc(F)cc1. The standard InChI is InChI=1S/C16H24FNOS/c1-4-18-15-10-11(2)9-12(3)16(15)20(19)14-7-5-13(17)6-8-14/h5-8,11-12,15-16,18H,4,9-10H2,1-3H3. The molecule has 1 aromatic carbocycles. The van der Waals surface area contributed by atoms with Crippen LogP contribution in [-0.4, -0.2) is 22.0 Å². The summed E-state index contributed by atoms with van der Waals surface area (Å²) >= 11 is 0.